The number of nitrogens with zero attached hydrogens (tertiary/aromatic N) is 1. The maximum absolute atomic E-state index is 12.6. The zero-order chi connectivity index (χ0) is 21.9. The lowest BCUT2D eigenvalue weighted by Crippen LogP contribution is -2.53. The van der Waals surface area contributed by atoms with Gasteiger partial charge in [-0.05, 0) is 57.3 Å². The molecule has 0 bridgehead atoms. The van der Waals surface area contributed by atoms with Gasteiger partial charge in [0.05, 0.1) is 16.1 Å². The minimum atomic E-state index is -3.52. The summed E-state index contributed by atoms with van der Waals surface area (Å²) in [6.07, 6.45) is 0.537. The van der Waals surface area contributed by atoms with Gasteiger partial charge in [0.2, 0.25) is 10.0 Å². The van der Waals surface area contributed by atoms with Crippen LogP contribution < -0.4 is 5.46 Å². The molecule has 0 aliphatic rings. The normalized spacial score (nSPS) is 13.0. The molecule has 0 saturated carbocycles. The Labute approximate surface area is 174 Å². The van der Waals surface area contributed by atoms with Gasteiger partial charge in [-0.15, -0.1) is 0 Å². The number of sulfonamides is 1. The van der Waals surface area contributed by atoms with Crippen molar-refractivity contribution in [3.05, 3.63) is 60.2 Å². The third kappa shape index (κ3) is 5.90. The monoisotopic (exact) mass is 419 g/mol. The van der Waals surface area contributed by atoms with Gasteiger partial charge in [-0.25, -0.2) is 12.7 Å². The minimum absolute atomic E-state index is 0.271. The van der Waals surface area contributed by atoms with E-state index in [0.717, 1.165) is 5.56 Å². The van der Waals surface area contributed by atoms with Crippen LogP contribution in [0.3, 0.4) is 0 Å². The SMILES string of the molecule is CN(CCc1ccc(B(O)OC(C)(C)C(C)(C)O)cc1)S(=O)(=O)c1ccccc1. The van der Waals surface area contributed by atoms with Gasteiger partial charge in [0.1, 0.15) is 0 Å². The van der Waals surface area contributed by atoms with E-state index < -0.39 is 28.3 Å². The standard InChI is InChI=1S/C21H30BNO5S/c1-20(2,24)21(3,4)28-22(25)18-13-11-17(12-14-18)15-16-23(5)29(26,27)19-9-7-6-8-10-19/h6-14,24-25H,15-16H2,1-5H3. The third-order valence-electron chi connectivity index (χ3n) is 5.31. The number of hydrogen-bond acceptors (Lipinski definition) is 5. The van der Waals surface area contributed by atoms with Crippen molar-refractivity contribution in [1.29, 1.82) is 0 Å². The van der Waals surface area contributed by atoms with Crippen LogP contribution in [0.1, 0.15) is 33.3 Å². The fourth-order valence-corrected chi connectivity index (χ4v) is 3.71. The van der Waals surface area contributed by atoms with E-state index in [2.05, 4.69) is 0 Å². The molecule has 0 atom stereocenters. The molecule has 0 spiro atoms. The van der Waals surface area contributed by atoms with Crippen LogP contribution in [-0.4, -0.2) is 54.8 Å². The first-order chi connectivity index (χ1) is 13.3. The van der Waals surface area contributed by atoms with E-state index >= 15 is 0 Å². The van der Waals surface area contributed by atoms with E-state index in [1.165, 1.54) is 4.31 Å². The summed E-state index contributed by atoms with van der Waals surface area (Å²) in [5, 5.41) is 20.5. The lowest BCUT2D eigenvalue weighted by molar-refractivity contribution is -0.0982. The second-order valence-electron chi connectivity index (χ2n) is 8.17. The Morgan fingerprint density at radius 3 is 2.07 bits per heavy atom. The third-order valence-corrected chi connectivity index (χ3v) is 7.18. The summed E-state index contributed by atoms with van der Waals surface area (Å²) < 4.78 is 32.1. The minimum Gasteiger partial charge on any atom is -0.423 e. The highest BCUT2D eigenvalue weighted by atomic mass is 32.2. The summed E-state index contributed by atoms with van der Waals surface area (Å²) in [6, 6.07) is 15.5. The number of benzene rings is 2. The molecule has 0 fully saturated rings. The molecule has 0 unspecified atom stereocenters. The predicted octanol–water partition coefficient (Wildman–Crippen LogP) is 1.80. The molecule has 2 N–H and O–H groups in total. The average Bonchev–Trinajstić information content (AvgIpc) is 2.65. The fraction of sp³-hybridized carbons (Fsp3) is 0.429. The second-order valence-corrected chi connectivity index (χ2v) is 10.2. The molecule has 0 radical (unpaired) electrons. The van der Waals surface area contributed by atoms with E-state index in [1.807, 2.05) is 12.1 Å². The van der Waals surface area contributed by atoms with Gasteiger partial charge in [-0.3, -0.25) is 0 Å². The Kier molecular flexibility index (Phi) is 7.30. The smallest absolute Gasteiger partial charge is 0.423 e. The molecule has 0 amide bonds. The Balaban J connectivity index is 1.99. The Hall–Kier alpha value is -1.71. The summed E-state index contributed by atoms with van der Waals surface area (Å²) in [5.41, 5.74) is -0.559. The lowest BCUT2D eigenvalue weighted by atomic mass is 9.76. The first-order valence-corrected chi connectivity index (χ1v) is 11.0. The van der Waals surface area contributed by atoms with Gasteiger partial charge in [0.15, 0.2) is 0 Å². The number of likely N-dealkylation sites (N-methyl/N-ethyl adjacent to an activating group) is 1. The van der Waals surface area contributed by atoms with E-state index in [4.69, 9.17) is 4.65 Å². The van der Waals surface area contributed by atoms with Gasteiger partial charge in [-0.1, -0.05) is 42.5 Å². The van der Waals surface area contributed by atoms with Crippen LogP contribution in [0.4, 0.5) is 0 Å². The van der Waals surface area contributed by atoms with Gasteiger partial charge in [0, 0.05) is 13.6 Å². The molecule has 158 valence electrons. The molecular formula is C21H30BNO5S. The Bertz CT molecular complexity index is 893. The molecule has 0 aromatic heterocycles. The molecule has 2 aromatic carbocycles. The molecule has 0 aliphatic carbocycles. The zero-order valence-corrected chi connectivity index (χ0v) is 18.5. The van der Waals surface area contributed by atoms with Crippen molar-refractivity contribution in [3.63, 3.8) is 0 Å². The topological polar surface area (TPSA) is 87.1 Å². The zero-order valence-electron chi connectivity index (χ0n) is 17.7. The summed E-state index contributed by atoms with van der Waals surface area (Å²) in [7, 11) is -3.13. The maximum Gasteiger partial charge on any atom is 0.491 e. The highest BCUT2D eigenvalue weighted by Gasteiger charge is 2.39. The van der Waals surface area contributed by atoms with Gasteiger partial charge in [0.25, 0.3) is 0 Å². The fourth-order valence-electron chi connectivity index (χ4n) is 2.52. The van der Waals surface area contributed by atoms with E-state index in [0.29, 0.717) is 18.4 Å². The molecule has 6 nitrogen and oxygen atoms in total. The summed E-state index contributed by atoms with van der Waals surface area (Å²) >= 11 is 0. The molecule has 0 saturated heterocycles. The molecule has 8 heteroatoms. The largest absolute Gasteiger partial charge is 0.491 e. The van der Waals surface area contributed by atoms with Crippen LogP contribution in [0.15, 0.2) is 59.5 Å². The number of aliphatic hydroxyl groups is 1. The summed E-state index contributed by atoms with van der Waals surface area (Å²) in [5.74, 6) is 0. The first kappa shape index (κ1) is 23.6. The van der Waals surface area contributed by atoms with Crippen molar-refractivity contribution in [2.75, 3.05) is 13.6 Å². The van der Waals surface area contributed by atoms with Crippen molar-refractivity contribution >= 4 is 22.6 Å². The van der Waals surface area contributed by atoms with Crippen LogP contribution in [-0.2, 0) is 21.1 Å². The molecule has 29 heavy (non-hydrogen) atoms. The van der Waals surface area contributed by atoms with E-state index in [-0.39, 0.29) is 4.90 Å². The lowest BCUT2D eigenvalue weighted by Gasteiger charge is -2.38. The van der Waals surface area contributed by atoms with Crippen LogP contribution in [0.25, 0.3) is 0 Å². The van der Waals surface area contributed by atoms with Crippen LogP contribution in [0.5, 0.6) is 0 Å². The van der Waals surface area contributed by atoms with Crippen molar-refractivity contribution < 1.29 is 23.2 Å². The maximum atomic E-state index is 12.6. The number of rotatable bonds is 9. The Morgan fingerprint density at radius 2 is 1.55 bits per heavy atom. The van der Waals surface area contributed by atoms with Gasteiger partial charge >= 0.3 is 7.12 Å². The van der Waals surface area contributed by atoms with Gasteiger partial charge < -0.3 is 14.8 Å². The molecule has 2 aromatic rings. The highest BCUT2D eigenvalue weighted by molar-refractivity contribution is 7.89. The van der Waals surface area contributed by atoms with E-state index in [1.54, 1.807) is 77.2 Å². The van der Waals surface area contributed by atoms with Crippen LogP contribution in [0, 0.1) is 0 Å². The average molecular weight is 419 g/mol. The van der Waals surface area contributed by atoms with Crippen molar-refractivity contribution in [2.24, 2.45) is 0 Å². The quantitative estimate of drug-likeness (QED) is 0.606. The van der Waals surface area contributed by atoms with Crippen molar-refractivity contribution in [2.45, 2.75) is 50.2 Å². The summed E-state index contributed by atoms with van der Waals surface area (Å²) in [4.78, 5) is 0.271. The molecular weight excluding hydrogens is 389 g/mol. The molecule has 2 rings (SSSR count). The summed E-state index contributed by atoms with van der Waals surface area (Å²) in [6.45, 7) is 7.02. The molecule has 0 aliphatic heterocycles. The number of hydrogen-bond donors (Lipinski definition) is 2. The first-order valence-electron chi connectivity index (χ1n) is 9.53. The van der Waals surface area contributed by atoms with Gasteiger partial charge in [-0.2, -0.15) is 0 Å². The van der Waals surface area contributed by atoms with Crippen LogP contribution >= 0.6 is 0 Å². The van der Waals surface area contributed by atoms with E-state index in [9.17, 15) is 18.5 Å². The molecule has 0 heterocycles. The van der Waals surface area contributed by atoms with Crippen LogP contribution in [0.2, 0.25) is 0 Å². The Morgan fingerprint density at radius 1 is 1.00 bits per heavy atom. The van der Waals surface area contributed by atoms with Crippen molar-refractivity contribution in [3.8, 4) is 0 Å². The van der Waals surface area contributed by atoms with Crippen molar-refractivity contribution in [1.82, 2.24) is 4.31 Å². The predicted molar refractivity (Wildman–Crippen MR) is 115 cm³/mol. The highest BCUT2D eigenvalue weighted by Crippen LogP contribution is 2.25. The second kappa shape index (κ2) is 8.98.